The van der Waals surface area contributed by atoms with Gasteiger partial charge < -0.3 is 20.5 Å². The Morgan fingerprint density at radius 1 is 1.09 bits per heavy atom. The topological polar surface area (TPSA) is 60.2 Å². The van der Waals surface area contributed by atoms with Gasteiger partial charge in [-0.3, -0.25) is 4.79 Å². The molecular weight excluding hydrogens is 432 g/mol. The number of nitrogens with one attached hydrogen (secondary N) is 3. The molecule has 1 fully saturated rings. The molecule has 1 aliphatic heterocycles. The van der Waals surface area contributed by atoms with Crippen molar-refractivity contribution in [2.45, 2.75) is 44.6 Å². The smallest absolute Gasteiger partial charge is 0.251 e. The van der Waals surface area contributed by atoms with Gasteiger partial charge in [-0.15, -0.1) is 0 Å². The molecule has 3 aromatic rings. The third-order valence-electron chi connectivity index (χ3n) is 7.12. The summed E-state index contributed by atoms with van der Waals surface area (Å²) in [4.78, 5) is 18.8. The first-order valence-corrected chi connectivity index (χ1v) is 12.7. The Kier molecular flexibility index (Phi) is 7.00. The number of aromatic amines is 1. The molecule has 1 atom stereocenters. The van der Waals surface area contributed by atoms with Crippen molar-refractivity contribution in [1.82, 2.24) is 20.5 Å². The van der Waals surface area contributed by atoms with Crippen LogP contribution in [0.5, 0.6) is 0 Å². The number of carbonyl (C=O) groups is 1. The summed E-state index contributed by atoms with van der Waals surface area (Å²) in [6, 6.07) is 14.4. The standard InChI is InChI=1S/C27H33ClN4O/c28-23-8-2-1-6-19(23)12-13-29-25-9-5-7-21-22-18-20(10-11-24(22)31-26(21)25)27(33)30-14-17-32-15-3-4-16-32/h1-2,6,8,10-11,18,25,29,31H,3-5,7,9,12-17H2,(H,30,33). The van der Waals surface area contributed by atoms with E-state index < -0.39 is 0 Å². The lowest BCUT2D eigenvalue weighted by atomic mass is 9.91. The Labute approximate surface area is 200 Å². The number of carbonyl (C=O) groups excluding carboxylic acids is 1. The van der Waals surface area contributed by atoms with Crippen molar-refractivity contribution in [1.29, 1.82) is 0 Å². The van der Waals surface area contributed by atoms with Gasteiger partial charge in [0.1, 0.15) is 0 Å². The number of nitrogens with zero attached hydrogens (tertiary/aromatic N) is 1. The van der Waals surface area contributed by atoms with E-state index >= 15 is 0 Å². The molecule has 5 nitrogen and oxygen atoms in total. The molecule has 0 spiro atoms. The maximum absolute atomic E-state index is 12.8. The van der Waals surface area contributed by atoms with E-state index in [1.165, 1.54) is 35.0 Å². The molecule has 0 saturated carbocycles. The number of rotatable bonds is 8. The molecule has 6 heteroatoms. The minimum Gasteiger partial charge on any atom is -0.357 e. The quantitative estimate of drug-likeness (QED) is 0.446. The molecule has 1 aromatic heterocycles. The molecule has 0 radical (unpaired) electrons. The zero-order valence-electron chi connectivity index (χ0n) is 19.1. The third kappa shape index (κ3) is 5.11. The van der Waals surface area contributed by atoms with Crippen molar-refractivity contribution in [3.63, 3.8) is 0 Å². The molecule has 1 aliphatic carbocycles. The summed E-state index contributed by atoms with van der Waals surface area (Å²) in [5.41, 5.74) is 5.69. The Balaban J connectivity index is 1.25. The highest BCUT2D eigenvalue weighted by molar-refractivity contribution is 6.31. The summed E-state index contributed by atoms with van der Waals surface area (Å²) in [7, 11) is 0. The number of H-pyrrole nitrogens is 1. The Hall–Kier alpha value is -2.34. The van der Waals surface area contributed by atoms with E-state index in [0.29, 0.717) is 12.6 Å². The maximum Gasteiger partial charge on any atom is 0.251 e. The van der Waals surface area contributed by atoms with Gasteiger partial charge in [-0.25, -0.2) is 0 Å². The highest BCUT2D eigenvalue weighted by Crippen LogP contribution is 2.35. The SMILES string of the molecule is O=C(NCCN1CCCC1)c1ccc2[nH]c3c(c2c1)CCCC3NCCc1ccccc1Cl. The average Bonchev–Trinajstić information content (AvgIpc) is 3.48. The van der Waals surface area contributed by atoms with Crippen LogP contribution in [0.1, 0.15) is 58.9 Å². The molecule has 174 valence electrons. The van der Waals surface area contributed by atoms with Crippen LogP contribution in [0.25, 0.3) is 10.9 Å². The van der Waals surface area contributed by atoms with E-state index in [2.05, 4.69) is 38.7 Å². The average molecular weight is 465 g/mol. The molecule has 2 heterocycles. The summed E-state index contributed by atoms with van der Waals surface area (Å²) in [5.74, 6) is 0.0243. The van der Waals surface area contributed by atoms with E-state index in [1.54, 1.807) is 0 Å². The highest BCUT2D eigenvalue weighted by atomic mass is 35.5. The number of halogens is 1. The molecule has 0 bridgehead atoms. The zero-order valence-corrected chi connectivity index (χ0v) is 19.9. The zero-order chi connectivity index (χ0) is 22.6. The highest BCUT2D eigenvalue weighted by Gasteiger charge is 2.24. The molecule has 5 rings (SSSR count). The van der Waals surface area contributed by atoms with Gasteiger partial charge in [0.25, 0.3) is 5.91 Å². The summed E-state index contributed by atoms with van der Waals surface area (Å²) in [6.07, 6.45) is 6.78. The maximum atomic E-state index is 12.8. The first kappa shape index (κ1) is 22.5. The lowest BCUT2D eigenvalue weighted by molar-refractivity contribution is 0.0950. The van der Waals surface area contributed by atoms with E-state index in [4.69, 9.17) is 11.6 Å². The summed E-state index contributed by atoms with van der Waals surface area (Å²) >= 11 is 6.32. The van der Waals surface area contributed by atoms with Gasteiger partial charge in [0, 0.05) is 46.3 Å². The second kappa shape index (κ2) is 10.3. The van der Waals surface area contributed by atoms with Crippen LogP contribution < -0.4 is 10.6 Å². The van der Waals surface area contributed by atoms with Gasteiger partial charge in [-0.05, 0) is 93.6 Å². The fourth-order valence-corrected chi connectivity index (χ4v) is 5.56. The summed E-state index contributed by atoms with van der Waals surface area (Å²) in [6.45, 7) is 4.85. The van der Waals surface area contributed by atoms with E-state index in [1.807, 2.05) is 24.3 Å². The molecule has 1 amide bonds. The second-order valence-electron chi connectivity index (χ2n) is 9.32. The van der Waals surface area contributed by atoms with E-state index in [-0.39, 0.29) is 5.91 Å². The molecule has 33 heavy (non-hydrogen) atoms. The molecular formula is C27H33ClN4O. The molecule has 1 unspecified atom stereocenters. The van der Waals surface area contributed by atoms with Crippen molar-refractivity contribution in [3.05, 3.63) is 69.9 Å². The van der Waals surface area contributed by atoms with Gasteiger partial charge in [0.05, 0.1) is 0 Å². The van der Waals surface area contributed by atoms with Gasteiger partial charge >= 0.3 is 0 Å². The van der Waals surface area contributed by atoms with Crippen LogP contribution in [0.2, 0.25) is 5.02 Å². The predicted molar refractivity (Wildman–Crippen MR) is 135 cm³/mol. The minimum absolute atomic E-state index is 0.0243. The van der Waals surface area contributed by atoms with E-state index in [9.17, 15) is 4.79 Å². The van der Waals surface area contributed by atoms with Crippen molar-refractivity contribution >= 4 is 28.4 Å². The molecule has 1 saturated heterocycles. The minimum atomic E-state index is 0.0243. The number of likely N-dealkylation sites (tertiary alicyclic amines) is 1. The third-order valence-corrected chi connectivity index (χ3v) is 7.49. The van der Waals surface area contributed by atoms with Gasteiger partial charge in [-0.1, -0.05) is 29.8 Å². The normalized spacial score (nSPS) is 18.5. The van der Waals surface area contributed by atoms with Gasteiger partial charge in [0.15, 0.2) is 0 Å². The Morgan fingerprint density at radius 2 is 1.94 bits per heavy atom. The van der Waals surface area contributed by atoms with E-state index in [0.717, 1.165) is 68.0 Å². The van der Waals surface area contributed by atoms with Crippen molar-refractivity contribution in [3.8, 4) is 0 Å². The largest absolute Gasteiger partial charge is 0.357 e. The number of fused-ring (bicyclic) bond motifs is 3. The fraction of sp³-hybridized carbons (Fsp3) is 0.444. The van der Waals surface area contributed by atoms with Crippen molar-refractivity contribution in [2.75, 3.05) is 32.7 Å². The number of hydrogen-bond donors (Lipinski definition) is 3. The van der Waals surface area contributed by atoms with Gasteiger partial charge in [0.2, 0.25) is 0 Å². The van der Waals surface area contributed by atoms with Gasteiger partial charge in [-0.2, -0.15) is 0 Å². The van der Waals surface area contributed by atoms with Crippen LogP contribution in [-0.2, 0) is 12.8 Å². The molecule has 2 aliphatic rings. The first-order chi connectivity index (χ1) is 16.2. The number of aromatic nitrogens is 1. The Bertz CT molecular complexity index is 1120. The lowest BCUT2D eigenvalue weighted by Gasteiger charge is -2.24. The van der Waals surface area contributed by atoms with Crippen molar-refractivity contribution < 1.29 is 4.79 Å². The second-order valence-corrected chi connectivity index (χ2v) is 9.73. The number of benzene rings is 2. The monoisotopic (exact) mass is 464 g/mol. The summed E-state index contributed by atoms with van der Waals surface area (Å²) < 4.78 is 0. The Morgan fingerprint density at radius 3 is 2.79 bits per heavy atom. The number of aryl methyl sites for hydroxylation is 1. The fourth-order valence-electron chi connectivity index (χ4n) is 5.33. The summed E-state index contributed by atoms with van der Waals surface area (Å²) in [5, 5.41) is 8.86. The van der Waals surface area contributed by atoms with Crippen LogP contribution in [0.3, 0.4) is 0 Å². The van der Waals surface area contributed by atoms with Crippen LogP contribution in [0, 0.1) is 0 Å². The van der Waals surface area contributed by atoms with Crippen LogP contribution >= 0.6 is 11.6 Å². The van der Waals surface area contributed by atoms with Crippen LogP contribution in [-0.4, -0.2) is 48.5 Å². The van der Waals surface area contributed by atoms with Crippen LogP contribution in [0.4, 0.5) is 0 Å². The predicted octanol–water partition coefficient (Wildman–Crippen LogP) is 4.86. The van der Waals surface area contributed by atoms with Crippen LogP contribution in [0.15, 0.2) is 42.5 Å². The lowest BCUT2D eigenvalue weighted by Crippen LogP contribution is -2.33. The number of amides is 1. The first-order valence-electron chi connectivity index (χ1n) is 12.3. The molecule has 2 aromatic carbocycles. The van der Waals surface area contributed by atoms with Crippen molar-refractivity contribution in [2.24, 2.45) is 0 Å². The molecule has 3 N–H and O–H groups in total. The number of hydrogen-bond acceptors (Lipinski definition) is 3.